The zero-order chi connectivity index (χ0) is 19.9. The maximum absolute atomic E-state index is 10.1. The number of benzene rings is 3. The van der Waals surface area contributed by atoms with Crippen LogP contribution in [-0.4, -0.2) is 17.4 Å². The van der Waals surface area contributed by atoms with Gasteiger partial charge >= 0.3 is 5.91 Å². The molecule has 0 aliphatic carbocycles. The second-order valence-electron chi connectivity index (χ2n) is 6.72. The topological polar surface area (TPSA) is 68.3 Å². The first kappa shape index (κ1) is 19.0. The molecule has 3 aromatic carbocycles. The molecule has 3 atom stereocenters. The van der Waals surface area contributed by atoms with Crippen LogP contribution in [0, 0.1) is 11.3 Å². The van der Waals surface area contributed by atoms with Crippen molar-refractivity contribution in [1.82, 2.24) is 0 Å². The number of ether oxygens (including phenoxy) is 2. The largest absolute Gasteiger partial charge is 0.445 e. The van der Waals surface area contributed by atoms with Crippen molar-refractivity contribution in [1.29, 1.82) is 5.26 Å². The average Bonchev–Trinajstić information content (AvgIpc) is 2.70. The smallest absolute Gasteiger partial charge is 0.302 e. The Morgan fingerprint density at radius 1 is 1.14 bits per heavy atom. The molecule has 4 nitrogen and oxygen atoms in total. The lowest BCUT2D eigenvalue weighted by Crippen LogP contribution is -2.67. The molecule has 0 bridgehead atoms. The minimum atomic E-state index is -1.83. The standard InChI is InChI=1S/C22H18Cl2N2O2/c1-2-27-22(26)21(24,13-25)19(15-7-10-16(23)11-8-15)18-12-9-14-5-3-4-6-17(14)20(18)28-22/h3-12,19H,2,26H2,1H3. The van der Waals surface area contributed by atoms with E-state index in [1.54, 1.807) is 19.1 Å². The molecule has 1 aliphatic heterocycles. The molecule has 3 aromatic rings. The minimum absolute atomic E-state index is 0.236. The van der Waals surface area contributed by atoms with Gasteiger partial charge < -0.3 is 9.47 Å². The van der Waals surface area contributed by atoms with E-state index in [-0.39, 0.29) is 6.61 Å². The van der Waals surface area contributed by atoms with E-state index in [9.17, 15) is 5.26 Å². The van der Waals surface area contributed by atoms with E-state index in [0.29, 0.717) is 10.8 Å². The molecule has 2 N–H and O–H groups in total. The SMILES string of the molecule is CCOC1(N)Oc2c(ccc3ccccc23)C(c2ccc(Cl)cc2)C1(Cl)C#N. The van der Waals surface area contributed by atoms with Gasteiger partial charge in [-0.05, 0) is 30.0 Å². The lowest BCUT2D eigenvalue weighted by Gasteiger charge is -2.47. The van der Waals surface area contributed by atoms with Crippen molar-refractivity contribution in [2.24, 2.45) is 5.73 Å². The molecule has 142 valence electrons. The van der Waals surface area contributed by atoms with Gasteiger partial charge in [-0.3, -0.25) is 5.73 Å². The lowest BCUT2D eigenvalue weighted by molar-refractivity contribution is -0.199. The summed E-state index contributed by atoms with van der Waals surface area (Å²) in [5, 5.41) is 12.6. The van der Waals surface area contributed by atoms with Crippen LogP contribution in [0.4, 0.5) is 0 Å². The van der Waals surface area contributed by atoms with Crippen LogP contribution in [0.3, 0.4) is 0 Å². The van der Waals surface area contributed by atoms with E-state index in [2.05, 4.69) is 6.07 Å². The summed E-state index contributed by atoms with van der Waals surface area (Å²) in [5.74, 6) is -1.85. The van der Waals surface area contributed by atoms with Crippen LogP contribution in [0.15, 0.2) is 60.7 Å². The van der Waals surface area contributed by atoms with Crippen LogP contribution >= 0.6 is 23.2 Å². The molecule has 0 saturated carbocycles. The highest BCUT2D eigenvalue weighted by atomic mass is 35.5. The number of hydrogen-bond acceptors (Lipinski definition) is 4. The Balaban J connectivity index is 2.05. The maximum atomic E-state index is 10.1. The first-order valence-electron chi connectivity index (χ1n) is 8.92. The summed E-state index contributed by atoms with van der Waals surface area (Å²) in [6, 6.07) is 21.1. The Bertz CT molecular complexity index is 1080. The molecule has 1 heterocycles. The third kappa shape index (κ3) is 2.75. The van der Waals surface area contributed by atoms with Crippen molar-refractivity contribution < 1.29 is 9.47 Å². The van der Waals surface area contributed by atoms with Crippen molar-refractivity contribution in [3.63, 3.8) is 0 Å². The summed E-state index contributed by atoms with van der Waals surface area (Å²) in [7, 11) is 0. The van der Waals surface area contributed by atoms with Crippen molar-refractivity contribution in [3.8, 4) is 11.8 Å². The van der Waals surface area contributed by atoms with Gasteiger partial charge in [0.1, 0.15) is 5.75 Å². The van der Waals surface area contributed by atoms with Gasteiger partial charge in [-0.15, -0.1) is 0 Å². The van der Waals surface area contributed by atoms with Gasteiger partial charge in [-0.1, -0.05) is 71.7 Å². The predicted molar refractivity (Wildman–Crippen MR) is 111 cm³/mol. The second-order valence-corrected chi connectivity index (χ2v) is 7.75. The quantitative estimate of drug-likeness (QED) is 0.475. The predicted octanol–water partition coefficient (Wildman–Crippen LogP) is 5.17. The van der Waals surface area contributed by atoms with Crippen LogP contribution in [0.5, 0.6) is 5.75 Å². The fraction of sp³-hybridized carbons (Fsp3) is 0.227. The van der Waals surface area contributed by atoms with E-state index < -0.39 is 16.7 Å². The Kier molecular flexibility index (Phi) is 4.73. The highest BCUT2D eigenvalue weighted by Crippen LogP contribution is 2.54. The molecule has 0 radical (unpaired) electrons. The monoisotopic (exact) mass is 412 g/mol. The zero-order valence-corrected chi connectivity index (χ0v) is 16.7. The number of fused-ring (bicyclic) bond motifs is 3. The molecular weight excluding hydrogens is 395 g/mol. The molecule has 6 heteroatoms. The third-order valence-corrected chi connectivity index (χ3v) is 5.92. The van der Waals surface area contributed by atoms with Gasteiger partial charge in [0.2, 0.25) is 4.87 Å². The number of rotatable bonds is 3. The fourth-order valence-electron chi connectivity index (χ4n) is 3.80. The van der Waals surface area contributed by atoms with Crippen LogP contribution < -0.4 is 10.5 Å². The number of hydrogen-bond donors (Lipinski definition) is 1. The van der Waals surface area contributed by atoms with E-state index >= 15 is 0 Å². The Morgan fingerprint density at radius 2 is 1.86 bits per heavy atom. The van der Waals surface area contributed by atoms with E-state index in [1.165, 1.54) is 0 Å². The first-order chi connectivity index (χ1) is 13.4. The molecule has 0 saturated heterocycles. The summed E-state index contributed by atoms with van der Waals surface area (Å²) in [4.78, 5) is -1.69. The van der Waals surface area contributed by atoms with Crippen LogP contribution in [0.1, 0.15) is 24.0 Å². The van der Waals surface area contributed by atoms with Crippen LogP contribution in [0.2, 0.25) is 5.02 Å². The Labute approximate surface area is 173 Å². The van der Waals surface area contributed by atoms with Gasteiger partial charge in [0.15, 0.2) is 0 Å². The minimum Gasteiger partial charge on any atom is -0.445 e. The molecule has 4 rings (SSSR count). The number of nitriles is 1. The van der Waals surface area contributed by atoms with E-state index in [4.69, 9.17) is 38.4 Å². The lowest BCUT2D eigenvalue weighted by atomic mass is 9.75. The molecule has 0 fully saturated rings. The molecule has 28 heavy (non-hydrogen) atoms. The fourth-order valence-corrected chi connectivity index (χ4v) is 4.26. The number of halogens is 2. The summed E-state index contributed by atoms with van der Waals surface area (Å²) in [6.45, 7) is 2.02. The summed E-state index contributed by atoms with van der Waals surface area (Å²) in [5.41, 5.74) is 8.07. The van der Waals surface area contributed by atoms with E-state index in [0.717, 1.165) is 21.9 Å². The molecule has 1 aliphatic rings. The molecule has 3 unspecified atom stereocenters. The van der Waals surface area contributed by atoms with Gasteiger partial charge in [0.25, 0.3) is 0 Å². The van der Waals surface area contributed by atoms with Crippen molar-refractivity contribution in [3.05, 3.63) is 76.8 Å². The van der Waals surface area contributed by atoms with Crippen molar-refractivity contribution in [2.75, 3.05) is 6.61 Å². The van der Waals surface area contributed by atoms with Crippen LogP contribution in [0.25, 0.3) is 10.8 Å². The average molecular weight is 413 g/mol. The third-order valence-electron chi connectivity index (χ3n) is 5.10. The van der Waals surface area contributed by atoms with E-state index in [1.807, 2.05) is 48.5 Å². The highest BCUT2D eigenvalue weighted by molar-refractivity contribution is 6.30. The van der Waals surface area contributed by atoms with Gasteiger partial charge in [0, 0.05) is 22.6 Å². The molecule has 0 aromatic heterocycles. The van der Waals surface area contributed by atoms with Crippen LogP contribution in [-0.2, 0) is 4.74 Å². The Hall–Kier alpha value is -2.29. The van der Waals surface area contributed by atoms with Crippen molar-refractivity contribution in [2.45, 2.75) is 23.6 Å². The highest BCUT2D eigenvalue weighted by Gasteiger charge is 2.62. The first-order valence-corrected chi connectivity index (χ1v) is 9.68. The summed E-state index contributed by atoms with van der Waals surface area (Å²) >= 11 is 13.0. The zero-order valence-electron chi connectivity index (χ0n) is 15.2. The summed E-state index contributed by atoms with van der Waals surface area (Å²) in [6.07, 6.45) is 0. The molecule has 0 spiro atoms. The molecular formula is C22H18Cl2N2O2. The molecule has 0 amide bonds. The maximum Gasteiger partial charge on any atom is 0.302 e. The summed E-state index contributed by atoms with van der Waals surface area (Å²) < 4.78 is 11.9. The van der Waals surface area contributed by atoms with Gasteiger partial charge in [0.05, 0.1) is 12.0 Å². The number of nitrogens with two attached hydrogens (primary N) is 1. The number of nitrogens with zero attached hydrogens (tertiary/aromatic N) is 1. The van der Waals surface area contributed by atoms with Gasteiger partial charge in [-0.2, -0.15) is 5.26 Å². The number of alkyl halides is 1. The normalized spacial score (nSPS) is 26.3. The van der Waals surface area contributed by atoms with Crippen molar-refractivity contribution >= 4 is 34.0 Å². The second kappa shape index (κ2) is 6.95. The van der Waals surface area contributed by atoms with Gasteiger partial charge in [-0.25, -0.2) is 0 Å². The Morgan fingerprint density at radius 3 is 2.54 bits per heavy atom.